The van der Waals surface area contributed by atoms with Gasteiger partial charge in [-0.25, -0.2) is 5.43 Å². The first-order valence-corrected chi connectivity index (χ1v) is 7.25. The molecule has 0 unspecified atom stereocenters. The molecular weight excluding hydrogens is 292 g/mol. The van der Waals surface area contributed by atoms with Gasteiger partial charge < -0.3 is 9.47 Å². The molecule has 2 aromatic rings. The molecule has 0 fully saturated rings. The van der Waals surface area contributed by atoms with Crippen molar-refractivity contribution < 1.29 is 14.3 Å². The van der Waals surface area contributed by atoms with Gasteiger partial charge in [0.25, 0.3) is 5.91 Å². The molecule has 1 amide bonds. The molecule has 0 atom stereocenters. The molecule has 0 aliphatic heterocycles. The molecule has 0 heterocycles. The number of benzene rings is 2. The van der Waals surface area contributed by atoms with Crippen LogP contribution in [0.2, 0.25) is 0 Å². The zero-order valence-electron chi connectivity index (χ0n) is 13.5. The predicted molar refractivity (Wildman–Crippen MR) is 90.1 cm³/mol. The van der Waals surface area contributed by atoms with E-state index in [0.29, 0.717) is 11.5 Å². The minimum Gasteiger partial charge on any atom is -0.493 e. The first kappa shape index (κ1) is 16.5. The van der Waals surface area contributed by atoms with Crippen LogP contribution in [0.25, 0.3) is 0 Å². The quantitative estimate of drug-likeness (QED) is 0.659. The van der Waals surface area contributed by atoms with Gasteiger partial charge in [0.2, 0.25) is 0 Å². The number of hydrazone groups is 1. The maximum Gasteiger partial charge on any atom is 0.277 e. The van der Waals surface area contributed by atoms with Crippen LogP contribution in [0.4, 0.5) is 0 Å². The third-order valence-electron chi connectivity index (χ3n) is 3.26. The Bertz CT molecular complexity index is 711. The van der Waals surface area contributed by atoms with Crippen molar-refractivity contribution in [3.8, 4) is 11.5 Å². The number of amides is 1. The molecule has 23 heavy (non-hydrogen) atoms. The maximum absolute atomic E-state index is 11.8. The topological polar surface area (TPSA) is 59.9 Å². The monoisotopic (exact) mass is 312 g/mol. The van der Waals surface area contributed by atoms with Crippen LogP contribution in [0.5, 0.6) is 11.5 Å². The van der Waals surface area contributed by atoms with Crippen molar-refractivity contribution in [1.29, 1.82) is 0 Å². The lowest BCUT2D eigenvalue weighted by atomic mass is 10.1. The van der Waals surface area contributed by atoms with Gasteiger partial charge in [-0.2, -0.15) is 5.10 Å². The summed E-state index contributed by atoms with van der Waals surface area (Å²) >= 11 is 0. The summed E-state index contributed by atoms with van der Waals surface area (Å²) in [6.07, 6.45) is 1.63. The molecule has 5 heteroatoms. The summed E-state index contributed by atoms with van der Waals surface area (Å²) in [7, 11) is 1.55. The standard InChI is InChI=1S/C18H20N2O3/c1-13-8-9-14(2)15(10-13)11-19-20-18(21)12-23-17-7-5-4-6-16(17)22-3/h4-11H,12H2,1-3H3,(H,20,21)/b19-11+. The molecule has 0 saturated carbocycles. The predicted octanol–water partition coefficient (Wildman–Crippen LogP) is 2.84. The molecule has 120 valence electrons. The number of nitrogens with zero attached hydrogens (tertiary/aromatic N) is 1. The van der Waals surface area contributed by atoms with Gasteiger partial charge in [0.15, 0.2) is 18.1 Å². The van der Waals surface area contributed by atoms with E-state index < -0.39 is 0 Å². The number of aryl methyl sites for hydroxylation is 2. The Hall–Kier alpha value is -2.82. The van der Waals surface area contributed by atoms with E-state index in [1.54, 1.807) is 25.5 Å². The Morgan fingerprint density at radius 2 is 1.91 bits per heavy atom. The van der Waals surface area contributed by atoms with Crippen LogP contribution in [0, 0.1) is 13.8 Å². The lowest BCUT2D eigenvalue weighted by Gasteiger charge is -2.09. The average molecular weight is 312 g/mol. The highest BCUT2D eigenvalue weighted by Crippen LogP contribution is 2.25. The molecule has 1 N–H and O–H groups in total. The molecule has 0 bridgehead atoms. The third-order valence-corrected chi connectivity index (χ3v) is 3.26. The Morgan fingerprint density at radius 3 is 2.65 bits per heavy atom. The van der Waals surface area contributed by atoms with Gasteiger partial charge in [-0.3, -0.25) is 4.79 Å². The van der Waals surface area contributed by atoms with Crippen LogP contribution in [0.3, 0.4) is 0 Å². The summed E-state index contributed by atoms with van der Waals surface area (Å²) in [6.45, 7) is 3.87. The average Bonchev–Trinajstić information content (AvgIpc) is 2.56. The van der Waals surface area contributed by atoms with E-state index in [1.807, 2.05) is 44.2 Å². The highest BCUT2D eigenvalue weighted by atomic mass is 16.5. The molecule has 0 spiro atoms. The number of rotatable bonds is 6. The Morgan fingerprint density at radius 1 is 1.17 bits per heavy atom. The van der Waals surface area contributed by atoms with E-state index in [4.69, 9.17) is 9.47 Å². The van der Waals surface area contributed by atoms with Crippen molar-refractivity contribution >= 4 is 12.1 Å². The van der Waals surface area contributed by atoms with E-state index in [0.717, 1.165) is 16.7 Å². The minimum atomic E-state index is -0.336. The first-order chi connectivity index (χ1) is 11.1. The third kappa shape index (κ3) is 4.85. The van der Waals surface area contributed by atoms with E-state index >= 15 is 0 Å². The summed E-state index contributed by atoms with van der Waals surface area (Å²) in [5, 5.41) is 3.96. The number of ether oxygens (including phenoxy) is 2. The second-order valence-corrected chi connectivity index (χ2v) is 5.09. The smallest absolute Gasteiger partial charge is 0.277 e. The second-order valence-electron chi connectivity index (χ2n) is 5.09. The van der Waals surface area contributed by atoms with E-state index in [2.05, 4.69) is 10.5 Å². The maximum atomic E-state index is 11.8. The summed E-state index contributed by atoms with van der Waals surface area (Å²) in [5.41, 5.74) is 5.66. The summed E-state index contributed by atoms with van der Waals surface area (Å²) in [5.74, 6) is 0.764. The molecule has 2 rings (SSSR count). The fraction of sp³-hybridized carbons (Fsp3) is 0.222. The van der Waals surface area contributed by atoms with E-state index in [1.165, 1.54) is 0 Å². The number of hydrogen-bond donors (Lipinski definition) is 1. The van der Waals surface area contributed by atoms with Crippen LogP contribution < -0.4 is 14.9 Å². The van der Waals surface area contributed by atoms with Crippen LogP contribution in [0.1, 0.15) is 16.7 Å². The summed E-state index contributed by atoms with van der Waals surface area (Å²) in [6, 6.07) is 13.2. The summed E-state index contributed by atoms with van der Waals surface area (Å²) in [4.78, 5) is 11.8. The SMILES string of the molecule is COc1ccccc1OCC(=O)N/N=C/c1cc(C)ccc1C. The molecule has 0 saturated heterocycles. The largest absolute Gasteiger partial charge is 0.493 e. The van der Waals surface area contributed by atoms with Crippen LogP contribution in [-0.4, -0.2) is 25.8 Å². The highest BCUT2D eigenvalue weighted by molar-refractivity contribution is 5.84. The van der Waals surface area contributed by atoms with Crippen LogP contribution >= 0.6 is 0 Å². The van der Waals surface area contributed by atoms with E-state index in [-0.39, 0.29) is 12.5 Å². The summed E-state index contributed by atoms with van der Waals surface area (Å²) < 4.78 is 10.6. The number of hydrogen-bond acceptors (Lipinski definition) is 4. The Labute approximate surface area is 135 Å². The van der Waals surface area contributed by atoms with Gasteiger partial charge in [0, 0.05) is 0 Å². The zero-order valence-corrected chi connectivity index (χ0v) is 13.5. The second kappa shape index (κ2) is 7.98. The van der Waals surface area contributed by atoms with Crippen molar-refractivity contribution in [3.05, 3.63) is 59.2 Å². The number of carbonyl (C=O) groups is 1. The fourth-order valence-corrected chi connectivity index (χ4v) is 1.99. The molecule has 0 aromatic heterocycles. The normalized spacial score (nSPS) is 10.6. The Kier molecular flexibility index (Phi) is 5.74. The number of para-hydroxylation sites is 2. The van der Waals surface area contributed by atoms with Crippen LogP contribution in [-0.2, 0) is 4.79 Å². The molecule has 0 aliphatic rings. The zero-order chi connectivity index (χ0) is 16.7. The lowest BCUT2D eigenvalue weighted by molar-refractivity contribution is -0.123. The fourth-order valence-electron chi connectivity index (χ4n) is 1.99. The van der Waals surface area contributed by atoms with Crippen molar-refractivity contribution in [3.63, 3.8) is 0 Å². The Balaban J connectivity index is 1.88. The van der Waals surface area contributed by atoms with Crippen molar-refractivity contribution in [1.82, 2.24) is 5.43 Å². The molecule has 5 nitrogen and oxygen atoms in total. The van der Waals surface area contributed by atoms with Gasteiger partial charge in [0.05, 0.1) is 13.3 Å². The molecular formula is C18H20N2O3. The van der Waals surface area contributed by atoms with Gasteiger partial charge >= 0.3 is 0 Å². The number of nitrogens with one attached hydrogen (secondary N) is 1. The van der Waals surface area contributed by atoms with Crippen LogP contribution in [0.15, 0.2) is 47.6 Å². The van der Waals surface area contributed by atoms with E-state index in [9.17, 15) is 4.79 Å². The number of carbonyl (C=O) groups excluding carboxylic acids is 1. The molecule has 0 aliphatic carbocycles. The van der Waals surface area contributed by atoms with Crippen molar-refractivity contribution in [2.75, 3.05) is 13.7 Å². The highest BCUT2D eigenvalue weighted by Gasteiger charge is 2.06. The van der Waals surface area contributed by atoms with Gasteiger partial charge in [0.1, 0.15) is 0 Å². The molecule has 0 radical (unpaired) electrons. The van der Waals surface area contributed by atoms with Crippen molar-refractivity contribution in [2.45, 2.75) is 13.8 Å². The molecule has 2 aromatic carbocycles. The minimum absolute atomic E-state index is 0.134. The lowest BCUT2D eigenvalue weighted by Crippen LogP contribution is -2.24. The van der Waals surface area contributed by atoms with Gasteiger partial charge in [-0.05, 0) is 37.1 Å². The van der Waals surface area contributed by atoms with Crippen molar-refractivity contribution in [2.24, 2.45) is 5.10 Å². The van der Waals surface area contributed by atoms with Gasteiger partial charge in [-0.1, -0.05) is 35.9 Å². The van der Waals surface area contributed by atoms with Gasteiger partial charge in [-0.15, -0.1) is 0 Å². The number of methoxy groups -OCH3 is 1. The first-order valence-electron chi connectivity index (χ1n) is 7.25.